The number of fused-ring (bicyclic) bond motifs is 1. The van der Waals surface area contributed by atoms with Gasteiger partial charge in [-0.05, 0) is 49.0 Å². The van der Waals surface area contributed by atoms with Crippen LogP contribution in [0, 0.1) is 23.2 Å². The second-order valence-corrected chi connectivity index (χ2v) is 6.66. The lowest BCUT2D eigenvalue weighted by Crippen LogP contribution is -2.48. The maximum Gasteiger partial charge on any atom is 0.303 e. The number of aliphatic carboxylic acids is 1. The van der Waals surface area contributed by atoms with Crippen molar-refractivity contribution >= 4 is 5.97 Å². The van der Waals surface area contributed by atoms with Gasteiger partial charge in [-0.3, -0.25) is 4.79 Å². The molecule has 3 heteroatoms. The van der Waals surface area contributed by atoms with Gasteiger partial charge in [0, 0.05) is 0 Å². The molecule has 3 aliphatic rings. The van der Waals surface area contributed by atoms with Gasteiger partial charge in [0.05, 0.1) is 6.42 Å². The number of carboxylic acid groups (broad SMARTS) is 1. The molecule has 0 radical (unpaired) electrons. The number of carboxylic acids is 1. The lowest BCUT2D eigenvalue weighted by Gasteiger charge is -2.50. The normalized spacial score (nSPS) is 38.6. The van der Waals surface area contributed by atoms with E-state index in [1.54, 1.807) is 0 Å². The zero-order chi connectivity index (χ0) is 12.8. The van der Waals surface area contributed by atoms with Crippen molar-refractivity contribution in [3.8, 4) is 0 Å². The molecule has 2 fully saturated rings. The molecule has 0 amide bonds. The maximum atomic E-state index is 11.1. The lowest BCUT2D eigenvalue weighted by atomic mass is 9.53. The summed E-state index contributed by atoms with van der Waals surface area (Å²) in [4.78, 5) is 11.1. The summed E-state index contributed by atoms with van der Waals surface area (Å²) in [5.74, 6) is 1.22. The quantitative estimate of drug-likeness (QED) is 0.736. The Morgan fingerprint density at radius 3 is 2.83 bits per heavy atom. The van der Waals surface area contributed by atoms with E-state index in [4.69, 9.17) is 10.8 Å². The molecule has 3 rings (SSSR count). The number of hydrogen-bond acceptors (Lipinski definition) is 2. The fraction of sp³-hybridized carbons (Fsp3) is 0.800. The van der Waals surface area contributed by atoms with E-state index in [-0.39, 0.29) is 5.41 Å². The van der Waals surface area contributed by atoms with Crippen molar-refractivity contribution < 1.29 is 9.90 Å². The first-order valence-electron chi connectivity index (χ1n) is 7.24. The van der Waals surface area contributed by atoms with Gasteiger partial charge in [-0.2, -0.15) is 0 Å². The Morgan fingerprint density at radius 1 is 1.50 bits per heavy atom. The molecule has 18 heavy (non-hydrogen) atoms. The van der Waals surface area contributed by atoms with Gasteiger partial charge in [0.2, 0.25) is 0 Å². The minimum atomic E-state index is -0.645. The Labute approximate surface area is 108 Å². The predicted octanol–water partition coefficient (Wildman–Crippen LogP) is 2.56. The summed E-state index contributed by atoms with van der Waals surface area (Å²) >= 11 is 0. The minimum Gasteiger partial charge on any atom is -0.481 e. The third-order valence-corrected chi connectivity index (χ3v) is 5.46. The Hall–Kier alpha value is -0.830. The molecule has 0 aromatic carbocycles. The van der Waals surface area contributed by atoms with Crippen LogP contribution in [-0.2, 0) is 4.79 Å². The van der Waals surface area contributed by atoms with Crippen LogP contribution in [0.4, 0.5) is 0 Å². The van der Waals surface area contributed by atoms with E-state index >= 15 is 0 Å². The SMILES string of the molecule is NC[C@H]1C[C@]2(CC(=O)O)CC(CC3CCC3)=C[C@@H]12. The van der Waals surface area contributed by atoms with Gasteiger partial charge in [0.15, 0.2) is 0 Å². The van der Waals surface area contributed by atoms with E-state index in [1.165, 1.54) is 31.3 Å². The largest absolute Gasteiger partial charge is 0.481 e. The highest BCUT2D eigenvalue weighted by atomic mass is 16.4. The first-order valence-corrected chi connectivity index (χ1v) is 7.24. The number of hydrogen-bond donors (Lipinski definition) is 2. The zero-order valence-electron chi connectivity index (χ0n) is 10.9. The number of allylic oxidation sites excluding steroid dienone is 2. The molecule has 0 aromatic heterocycles. The highest BCUT2D eigenvalue weighted by molar-refractivity contribution is 5.68. The van der Waals surface area contributed by atoms with Gasteiger partial charge in [-0.1, -0.05) is 30.9 Å². The van der Waals surface area contributed by atoms with Crippen LogP contribution in [0.3, 0.4) is 0 Å². The third kappa shape index (κ3) is 1.89. The topological polar surface area (TPSA) is 63.3 Å². The lowest BCUT2D eigenvalue weighted by molar-refractivity contribution is -0.144. The molecule has 3 aliphatic carbocycles. The summed E-state index contributed by atoms with van der Waals surface area (Å²) < 4.78 is 0. The third-order valence-electron chi connectivity index (χ3n) is 5.46. The average Bonchev–Trinajstić information content (AvgIpc) is 2.49. The van der Waals surface area contributed by atoms with Gasteiger partial charge >= 0.3 is 5.97 Å². The van der Waals surface area contributed by atoms with Crippen molar-refractivity contribution in [2.24, 2.45) is 28.9 Å². The number of nitrogens with two attached hydrogens (primary N) is 1. The smallest absolute Gasteiger partial charge is 0.303 e. The molecule has 0 heterocycles. The Kier molecular flexibility index (Phi) is 2.97. The van der Waals surface area contributed by atoms with E-state index < -0.39 is 5.97 Å². The van der Waals surface area contributed by atoms with E-state index in [0.29, 0.717) is 24.8 Å². The van der Waals surface area contributed by atoms with E-state index in [1.807, 2.05) is 0 Å². The molecule has 3 atom stereocenters. The summed E-state index contributed by atoms with van der Waals surface area (Å²) in [6, 6.07) is 0. The van der Waals surface area contributed by atoms with Gasteiger partial charge in [0.1, 0.15) is 0 Å². The highest BCUT2D eigenvalue weighted by Gasteiger charge is 2.56. The van der Waals surface area contributed by atoms with Crippen molar-refractivity contribution in [1.29, 1.82) is 0 Å². The Morgan fingerprint density at radius 2 is 2.28 bits per heavy atom. The van der Waals surface area contributed by atoms with Crippen LogP contribution in [-0.4, -0.2) is 17.6 Å². The molecular formula is C15H23NO2. The summed E-state index contributed by atoms with van der Waals surface area (Å²) in [5, 5.41) is 9.12. The Balaban J connectivity index is 1.68. The summed E-state index contributed by atoms with van der Waals surface area (Å²) in [6.07, 6.45) is 10.1. The summed E-state index contributed by atoms with van der Waals surface area (Å²) in [5.41, 5.74) is 7.35. The van der Waals surface area contributed by atoms with Gasteiger partial charge in [-0.15, -0.1) is 0 Å². The molecule has 0 saturated heterocycles. The van der Waals surface area contributed by atoms with Crippen LogP contribution in [0.5, 0.6) is 0 Å². The molecule has 3 nitrogen and oxygen atoms in total. The monoisotopic (exact) mass is 249 g/mol. The van der Waals surface area contributed by atoms with Crippen LogP contribution in [0.25, 0.3) is 0 Å². The molecule has 3 N–H and O–H groups in total. The fourth-order valence-electron chi connectivity index (χ4n) is 4.38. The van der Waals surface area contributed by atoms with E-state index in [0.717, 1.165) is 18.8 Å². The molecule has 2 saturated carbocycles. The van der Waals surface area contributed by atoms with Gasteiger partial charge < -0.3 is 10.8 Å². The molecule has 0 aliphatic heterocycles. The van der Waals surface area contributed by atoms with Crippen molar-refractivity contribution in [2.75, 3.05) is 6.54 Å². The zero-order valence-corrected chi connectivity index (χ0v) is 10.9. The second-order valence-electron chi connectivity index (χ2n) is 6.66. The highest BCUT2D eigenvalue weighted by Crippen LogP contribution is 2.62. The van der Waals surface area contributed by atoms with Gasteiger partial charge in [0.25, 0.3) is 0 Å². The molecular weight excluding hydrogens is 226 g/mol. The number of rotatable bonds is 5. The molecule has 0 bridgehead atoms. The Bertz CT molecular complexity index is 386. The van der Waals surface area contributed by atoms with E-state index in [2.05, 4.69) is 6.08 Å². The predicted molar refractivity (Wildman–Crippen MR) is 70.0 cm³/mol. The van der Waals surface area contributed by atoms with E-state index in [9.17, 15) is 4.79 Å². The number of carbonyl (C=O) groups is 1. The van der Waals surface area contributed by atoms with Crippen molar-refractivity contribution in [2.45, 2.75) is 44.9 Å². The summed E-state index contributed by atoms with van der Waals surface area (Å²) in [7, 11) is 0. The van der Waals surface area contributed by atoms with Gasteiger partial charge in [-0.25, -0.2) is 0 Å². The standard InChI is InChI=1S/C15H23NO2/c16-9-12-7-15(8-14(17)18)6-11(5-13(12)15)4-10-2-1-3-10/h5,10,12-13H,1-4,6-9,16H2,(H,17,18)/t12-,13+,15+/m1/s1. The van der Waals surface area contributed by atoms with Crippen LogP contribution in [0.15, 0.2) is 11.6 Å². The molecule has 0 aromatic rings. The minimum absolute atomic E-state index is 0.0367. The van der Waals surface area contributed by atoms with Crippen molar-refractivity contribution in [1.82, 2.24) is 0 Å². The van der Waals surface area contributed by atoms with Crippen molar-refractivity contribution in [3.63, 3.8) is 0 Å². The average molecular weight is 249 g/mol. The summed E-state index contributed by atoms with van der Waals surface area (Å²) in [6.45, 7) is 0.708. The molecule has 0 spiro atoms. The fourth-order valence-corrected chi connectivity index (χ4v) is 4.38. The first-order chi connectivity index (χ1) is 8.63. The first kappa shape index (κ1) is 12.2. The second kappa shape index (κ2) is 4.37. The molecule has 0 unspecified atom stereocenters. The molecule has 100 valence electrons. The maximum absolute atomic E-state index is 11.1. The van der Waals surface area contributed by atoms with Crippen LogP contribution < -0.4 is 5.73 Å². The van der Waals surface area contributed by atoms with Crippen molar-refractivity contribution in [3.05, 3.63) is 11.6 Å². The van der Waals surface area contributed by atoms with Crippen LogP contribution >= 0.6 is 0 Å². The van der Waals surface area contributed by atoms with Crippen LogP contribution in [0.1, 0.15) is 44.9 Å². The van der Waals surface area contributed by atoms with Crippen LogP contribution in [0.2, 0.25) is 0 Å².